The molecule has 4 aromatic rings. The molecule has 13 heteroatoms. The molecule has 2 saturated heterocycles. The van der Waals surface area contributed by atoms with E-state index in [9.17, 15) is 9.59 Å². The van der Waals surface area contributed by atoms with Crippen LogP contribution in [0.15, 0.2) is 30.9 Å². The summed E-state index contributed by atoms with van der Waals surface area (Å²) in [6.45, 7) is 6.95. The van der Waals surface area contributed by atoms with Crippen LogP contribution in [0.3, 0.4) is 0 Å². The molecule has 2 amide bonds. The minimum atomic E-state index is -0.302. The van der Waals surface area contributed by atoms with Crippen molar-refractivity contribution in [3.8, 4) is 16.3 Å². The summed E-state index contributed by atoms with van der Waals surface area (Å²) in [7, 11) is 0. The number of ether oxygens (including phenoxy) is 2. The fourth-order valence-corrected chi connectivity index (χ4v) is 6.27. The largest absolute Gasteiger partial charge is 0.477 e. The van der Waals surface area contributed by atoms with Gasteiger partial charge in [-0.2, -0.15) is 10.2 Å². The first-order valence-electron chi connectivity index (χ1n) is 12.5. The normalized spacial score (nSPS) is 17.9. The third-order valence-corrected chi connectivity index (χ3v) is 8.32. The molecule has 0 unspecified atom stereocenters. The van der Waals surface area contributed by atoms with Gasteiger partial charge in [-0.15, -0.1) is 11.3 Å². The number of carbonyl (C=O) groups excluding carboxylic acids is 2. The number of likely N-dealkylation sites (tertiary alicyclic amines) is 1. The van der Waals surface area contributed by atoms with Gasteiger partial charge >= 0.3 is 0 Å². The standard InChI is InChI=1S/C25H26N8O4S/c1-15-19(5-16(6-26-15)29-21(34)10-31-11-25(12-31)13-36-14-25)30-22(35)18-8-28-33-9-20(38-24(18)33)17-7-27-32-3-2-4-37-23(17)32/h5-9H,2-4,10-14H2,1H3,(H,29,34)(H,30,35). The first-order valence-corrected chi connectivity index (χ1v) is 13.3. The van der Waals surface area contributed by atoms with Gasteiger partial charge in [0.1, 0.15) is 4.83 Å². The predicted octanol–water partition coefficient (Wildman–Crippen LogP) is 2.27. The van der Waals surface area contributed by atoms with Crippen molar-refractivity contribution in [2.24, 2.45) is 5.41 Å². The van der Waals surface area contributed by atoms with Crippen LogP contribution in [-0.2, 0) is 16.1 Å². The Kier molecular flexibility index (Phi) is 5.46. The van der Waals surface area contributed by atoms with Crippen molar-refractivity contribution < 1.29 is 19.1 Å². The Morgan fingerprint density at radius 3 is 2.84 bits per heavy atom. The molecule has 12 nitrogen and oxygen atoms in total. The SMILES string of the molecule is Cc1ncc(NC(=O)CN2CC3(COC3)C2)cc1NC(=O)c1cnn2cc(-c3cnn4c3OCCC4)sc12. The fraction of sp³-hybridized carbons (Fsp3) is 0.400. The summed E-state index contributed by atoms with van der Waals surface area (Å²) in [6.07, 6.45) is 7.75. The lowest BCUT2D eigenvalue weighted by Gasteiger charge is -2.54. The summed E-state index contributed by atoms with van der Waals surface area (Å²) in [5.74, 6) is 0.334. The van der Waals surface area contributed by atoms with E-state index in [4.69, 9.17) is 9.47 Å². The minimum absolute atomic E-state index is 0.112. The second kappa shape index (κ2) is 8.89. The summed E-state index contributed by atoms with van der Waals surface area (Å²) in [5.41, 5.74) is 3.30. The molecule has 0 saturated carbocycles. The van der Waals surface area contributed by atoms with Crippen molar-refractivity contribution in [1.29, 1.82) is 0 Å². The number of hydrogen-bond donors (Lipinski definition) is 2. The number of carbonyl (C=O) groups is 2. The van der Waals surface area contributed by atoms with E-state index >= 15 is 0 Å². The zero-order valence-electron chi connectivity index (χ0n) is 20.8. The van der Waals surface area contributed by atoms with Gasteiger partial charge in [-0.05, 0) is 13.0 Å². The molecular weight excluding hydrogens is 508 g/mol. The minimum Gasteiger partial charge on any atom is -0.477 e. The number of thiazole rings is 1. The fourth-order valence-electron chi connectivity index (χ4n) is 5.21. The van der Waals surface area contributed by atoms with Crippen LogP contribution in [0, 0.1) is 12.3 Å². The van der Waals surface area contributed by atoms with Gasteiger partial charge in [-0.25, -0.2) is 9.20 Å². The quantitative estimate of drug-likeness (QED) is 0.386. The van der Waals surface area contributed by atoms with Crippen LogP contribution in [0.1, 0.15) is 22.5 Å². The van der Waals surface area contributed by atoms with Crippen molar-refractivity contribution in [2.75, 3.05) is 50.1 Å². The Bertz CT molecular complexity index is 1560. The predicted molar refractivity (Wildman–Crippen MR) is 140 cm³/mol. The number of aryl methyl sites for hydroxylation is 2. The third kappa shape index (κ3) is 4.03. The van der Waals surface area contributed by atoms with Gasteiger partial charge in [0.2, 0.25) is 11.8 Å². The van der Waals surface area contributed by atoms with Crippen molar-refractivity contribution in [1.82, 2.24) is 29.3 Å². The van der Waals surface area contributed by atoms with Crippen LogP contribution in [0.4, 0.5) is 11.4 Å². The summed E-state index contributed by atoms with van der Waals surface area (Å²) in [4.78, 5) is 33.9. The van der Waals surface area contributed by atoms with Crippen molar-refractivity contribution >= 4 is 39.4 Å². The van der Waals surface area contributed by atoms with Crippen molar-refractivity contribution in [3.05, 3.63) is 42.1 Å². The number of nitrogens with one attached hydrogen (secondary N) is 2. The number of aromatic nitrogens is 5. The van der Waals surface area contributed by atoms with E-state index in [1.54, 1.807) is 29.2 Å². The zero-order chi connectivity index (χ0) is 25.9. The number of nitrogens with zero attached hydrogens (tertiary/aromatic N) is 6. The highest BCUT2D eigenvalue weighted by Gasteiger charge is 2.49. The Morgan fingerprint density at radius 1 is 1.16 bits per heavy atom. The van der Waals surface area contributed by atoms with Crippen LogP contribution in [-0.4, -0.2) is 80.5 Å². The second-order valence-electron chi connectivity index (χ2n) is 10.2. The molecule has 7 rings (SSSR count). The molecule has 7 heterocycles. The molecule has 2 fully saturated rings. The molecule has 3 aliphatic heterocycles. The topological polar surface area (TPSA) is 128 Å². The van der Waals surface area contributed by atoms with Gasteiger partial charge in [-0.1, -0.05) is 0 Å². The Morgan fingerprint density at radius 2 is 2.03 bits per heavy atom. The maximum atomic E-state index is 13.3. The lowest BCUT2D eigenvalue weighted by molar-refractivity contribution is -0.188. The first kappa shape index (κ1) is 23.3. The number of rotatable bonds is 6. The van der Waals surface area contributed by atoms with Crippen LogP contribution < -0.4 is 15.4 Å². The molecule has 2 N–H and O–H groups in total. The molecule has 38 heavy (non-hydrogen) atoms. The van der Waals surface area contributed by atoms with Gasteiger partial charge in [-0.3, -0.25) is 19.5 Å². The summed E-state index contributed by atoms with van der Waals surface area (Å²) < 4.78 is 14.7. The highest BCUT2D eigenvalue weighted by Crippen LogP contribution is 2.38. The van der Waals surface area contributed by atoms with E-state index < -0.39 is 0 Å². The summed E-state index contributed by atoms with van der Waals surface area (Å²) in [6, 6.07) is 1.73. The molecule has 1 spiro atoms. The zero-order valence-corrected chi connectivity index (χ0v) is 21.6. The van der Waals surface area contributed by atoms with E-state index in [0.29, 0.717) is 40.6 Å². The van der Waals surface area contributed by atoms with E-state index in [2.05, 4.69) is 30.7 Å². The Balaban J connectivity index is 1.05. The second-order valence-corrected chi connectivity index (χ2v) is 11.2. The van der Waals surface area contributed by atoms with Crippen LogP contribution in [0.2, 0.25) is 0 Å². The monoisotopic (exact) mass is 534 g/mol. The Hall–Kier alpha value is -3.81. The highest BCUT2D eigenvalue weighted by atomic mass is 32.1. The molecule has 196 valence electrons. The molecule has 3 aliphatic rings. The molecule has 4 aromatic heterocycles. The van der Waals surface area contributed by atoms with Gasteiger partial charge in [0.25, 0.3) is 5.91 Å². The lowest BCUT2D eigenvalue weighted by Crippen LogP contribution is -2.66. The van der Waals surface area contributed by atoms with Gasteiger partial charge in [0.15, 0.2) is 0 Å². The van der Waals surface area contributed by atoms with Crippen molar-refractivity contribution in [3.63, 3.8) is 0 Å². The van der Waals surface area contributed by atoms with Crippen LogP contribution >= 0.6 is 11.3 Å². The van der Waals surface area contributed by atoms with Crippen molar-refractivity contribution in [2.45, 2.75) is 19.9 Å². The van der Waals surface area contributed by atoms with Gasteiger partial charge in [0.05, 0.1) is 78.0 Å². The summed E-state index contributed by atoms with van der Waals surface area (Å²) in [5, 5.41) is 14.6. The van der Waals surface area contributed by atoms with Gasteiger partial charge in [0, 0.05) is 37.7 Å². The molecule has 0 aliphatic carbocycles. The summed E-state index contributed by atoms with van der Waals surface area (Å²) >= 11 is 1.46. The number of amides is 2. The van der Waals surface area contributed by atoms with E-state index in [0.717, 1.165) is 55.6 Å². The molecule has 0 aromatic carbocycles. The average molecular weight is 535 g/mol. The number of anilines is 2. The lowest BCUT2D eigenvalue weighted by atomic mass is 9.78. The molecule has 0 atom stereocenters. The first-order chi connectivity index (χ1) is 18.5. The third-order valence-electron chi connectivity index (χ3n) is 7.17. The van der Waals surface area contributed by atoms with Crippen LogP contribution in [0.25, 0.3) is 15.3 Å². The van der Waals surface area contributed by atoms with Crippen LogP contribution in [0.5, 0.6) is 5.88 Å². The van der Waals surface area contributed by atoms with E-state index in [-0.39, 0.29) is 17.2 Å². The van der Waals surface area contributed by atoms with E-state index in [1.807, 2.05) is 17.8 Å². The van der Waals surface area contributed by atoms with Gasteiger partial charge < -0.3 is 20.1 Å². The van der Waals surface area contributed by atoms with E-state index in [1.165, 1.54) is 11.3 Å². The highest BCUT2D eigenvalue weighted by molar-refractivity contribution is 7.21. The smallest absolute Gasteiger partial charge is 0.260 e. The number of hydrogen-bond acceptors (Lipinski definition) is 9. The molecule has 0 bridgehead atoms. The Labute approximate surface area is 221 Å². The number of pyridine rings is 1. The number of fused-ring (bicyclic) bond motifs is 2. The maximum Gasteiger partial charge on any atom is 0.260 e. The molecule has 0 radical (unpaired) electrons. The molecular formula is C25H26N8O4S. The average Bonchev–Trinajstić information content (AvgIpc) is 3.55. The maximum absolute atomic E-state index is 13.3.